The van der Waals surface area contributed by atoms with Gasteiger partial charge in [0.1, 0.15) is 5.82 Å². The molecule has 3 N–H and O–H groups in total. The summed E-state index contributed by atoms with van der Waals surface area (Å²) in [6.45, 7) is 5.37. The van der Waals surface area contributed by atoms with E-state index in [1.165, 1.54) is 30.3 Å². The molecule has 1 unspecified atom stereocenters. The van der Waals surface area contributed by atoms with E-state index in [0.717, 1.165) is 5.69 Å². The number of aliphatic hydroxyl groups is 2. The first-order valence-electron chi connectivity index (χ1n) is 11.7. The number of alkyl halides is 2. The highest BCUT2D eigenvalue weighted by atomic mass is 19.3. The van der Waals surface area contributed by atoms with Crippen LogP contribution in [0.1, 0.15) is 44.9 Å². The first-order chi connectivity index (χ1) is 16.8. The lowest BCUT2D eigenvalue weighted by atomic mass is 9.90. The molecular formula is C26H27F3N2O5. The van der Waals surface area contributed by atoms with Gasteiger partial charge in [-0.25, -0.2) is 4.39 Å². The highest BCUT2D eigenvalue weighted by Gasteiger charge is 2.53. The Morgan fingerprint density at radius 2 is 1.86 bits per heavy atom. The number of carbonyl (C=O) groups is 1. The summed E-state index contributed by atoms with van der Waals surface area (Å²) in [7, 11) is 0. The van der Waals surface area contributed by atoms with Gasteiger partial charge in [-0.3, -0.25) is 4.79 Å². The van der Waals surface area contributed by atoms with E-state index in [9.17, 15) is 23.8 Å². The van der Waals surface area contributed by atoms with Gasteiger partial charge in [0.15, 0.2) is 11.5 Å². The minimum Gasteiger partial charge on any atom is -0.395 e. The van der Waals surface area contributed by atoms with Crippen molar-refractivity contribution in [3.05, 3.63) is 53.5 Å². The second-order valence-corrected chi connectivity index (χ2v) is 10.3. The Labute approximate surface area is 205 Å². The number of hydrogen-bond acceptors (Lipinski definition) is 5. The molecule has 2 heterocycles. The van der Waals surface area contributed by atoms with E-state index in [0.29, 0.717) is 29.3 Å². The van der Waals surface area contributed by atoms with Crippen LogP contribution < -0.4 is 14.8 Å². The van der Waals surface area contributed by atoms with Gasteiger partial charge in [0, 0.05) is 29.1 Å². The monoisotopic (exact) mass is 504 g/mol. The van der Waals surface area contributed by atoms with E-state index in [1.54, 1.807) is 11.5 Å². The van der Waals surface area contributed by atoms with Crippen LogP contribution in [0.15, 0.2) is 36.4 Å². The summed E-state index contributed by atoms with van der Waals surface area (Å²) in [6, 6.07) is 8.87. The van der Waals surface area contributed by atoms with Crippen LogP contribution in [0.25, 0.3) is 10.9 Å². The van der Waals surface area contributed by atoms with Crippen molar-refractivity contribution in [2.75, 3.05) is 11.9 Å². The van der Waals surface area contributed by atoms with Gasteiger partial charge in [0.25, 0.3) is 0 Å². The van der Waals surface area contributed by atoms with Crippen molar-refractivity contribution < 1.29 is 37.7 Å². The molecule has 1 amide bonds. The number of aliphatic hydroxyl groups excluding tert-OH is 2. The van der Waals surface area contributed by atoms with Crippen LogP contribution in [0.2, 0.25) is 0 Å². The molecule has 0 bridgehead atoms. The van der Waals surface area contributed by atoms with E-state index in [2.05, 4.69) is 14.8 Å². The van der Waals surface area contributed by atoms with Crippen LogP contribution >= 0.6 is 0 Å². The second kappa shape index (κ2) is 8.14. The summed E-state index contributed by atoms with van der Waals surface area (Å²) in [5, 5.41) is 23.2. The number of amides is 1. The molecule has 1 saturated carbocycles. The van der Waals surface area contributed by atoms with Gasteiger partial charge in [-0.05, 0) is 49.6 Å². The molecule has 1 atom stereocenters. The number of anilines is 1. The van der Waals surface area contributed by atoms with Crippen LogP contribution in [0, 0.1) is 5.82 Å². The number of halogens is 3. The third kappa shape index (κ3) is 4.08. The van der Waals surface area contributed by atoms with Gasteiger partial charge in [0.2, 0.25) is 5.91 Å². The molecule has 36 heavy (non-hydrogen) atoms. The van der Waals surface area contributed by atoms with Gasteiger partial charge in [0.05, 0.1) is 29.3 Å². The predicted molar refractivity (Wildman–Crippen MR) is 126 cm³/mol. The average Bonchev–Trinajstić information content (AvgIpc) is 3.45. The average molecular weight is 505 g/mol. The highest BCUT2D eigenvalue weighted by Crippen LogP contribution is 2.52. The second-order valence-electron chi connectivity index (χ2n) is 10.3. The van der Waals surface area contributed by atoms with E-state index in [-0.39, 0.29) is 30.3 Å². The summed E-state index contributed by atoms with van der Waals surface area (Å²) in [4.78, 5) is 13.3. The molecule has 0 radical (unpaired) electrons. The van der Waals surface area contributed by atoms with Crippen molar-refractivity contribution in [2.24, 2.45) is 0 Å². The Bertz CT molecular complexity index is 1360. The van der Waals surface area contributed by atoms with Crippen molar-refractivity contribution in [2.45, 2.75) is 63.4 Å². The normalized spacial score (nSPS) is 18.3. The molecule has 192 valence electrons. The molecule has 3 aromatic rings. The Morgan fingerprint density at radius 3 is 2.50 bits per heavy atom. The summed E-state index contributed by atoms with van der Waals surface area (Å²) < 4.78 is 52.7. The van der Waals surface area contributed by atoms with Gasteiger partial charge in [-0.15, -0.1) is 8.78 Å². The first kappa shape index (κ1) is 24.5. The molecule has 2 aromatic carbocycles. The molecule has 1 aromatic heterocycles. The van der Waals surface area contributed by atoms with E-state index < -0.39 is 35.0 Å². The van der Waals surface area contributed by atoms with Crippen LogP contribution in [0.3, 0.4) is 0 Å². The van der Waals surface area contributed by atoms with E-state index in [1.807, 2.05) is 19.9 Å². The SMILES string of the molecule is CC(O)Cn1c(C(C)(C)CO)cc2cc(NC(=O)C3(c4ccc5c(c4)OC(F)(F)O5)CC3)c(F)cc21. The smallest absolute Gasteiger partial charge is 0.395 e. The standard InChI is InChI=1S/C26H27F3N2O5/c1-14(33)12-31-19-11-17(27)18(8-15(19)9-22(31)24(2,3)13-32)30-23(34)25(6-7-25)16-4-5-20-21(10-16)36-26(28,29)35-20/h4-5,8-11,14,32-33H,6-7,12-13H2,1-3H3,(H,30,34). The number of ether oxygens (including phenoxy) is 2. The molecule has 2 aliphatic rings. The third-order valence-corrected chi connectivity index (χ3v) is 6.91. The van der Waals surface area contributed by atoms with Crippen LogP contribution in [0.4, 0.5) is 18.9 Å². The molecule has 5 rings (SSSR count). The third-order valence-electron chi connectivity index (χ3n) is 6.91. The van der Waals surface area contributed by atoms with E-state index >= 15 is 4.39 Å². The van der Waals surface area contributed by atoms with E-state index in [4.69, 9.17) is 0 Å². The molecule has 0 spiro atoms. The topological polar surface area (TPSA) is 93.0 Å². The van der Waals surface area contributed by atoms with Crippen molar-refractivity contribution in [3.63, 3.8) is 0 Å². The number of fused-ring (bicyclic) bond motifs is 2. The van der Waals surface area contributed by atoms with Gasteiger partial charge in [-0.2, -0.15) is 0 Å². The first-order valence-corrected chi connectivity index (χ1v) is 11.7. The lowest BCUT2D eigenvalue weighted by Gasteiger charge is -2.25. The lowest BCUT2D eigenvalue weighted by Crippen LogP contribution is -2.28. The molecule has 0 saturated heterocycles. The number of benzene rings is 2. The molecular weight excluding hydrogens is 477 g/mol. The van der Waals surface area contributed by atoms with Crippen molar-refractivity contribution >= 4 is 22.5 Å². The van der Waals surface area contributed by atoms with Gasteiger partial charge in [-0.1, -0.05) is 19.9 Å². The fourth-order valence-electron chi connectivity index (χ4n) is 4.74. The maximum atomic E-state index is 15.2. The molecule has 1 aliphatic carbocycles. The lowest BCUT2D eigenvalue weighted by molar-refractivity contribution is -0.286. The number of nitrogens with zero attached hydrogens (tertiary/aromatic N) is 1. The van der Waals surface area contributed by atoms with Crippen molar-refractivity contribution in [3.8, 4) is 11.5 Å². The number of hydrogen-bond donors (Lipinski definition) is 3. The fraction of sp³-hybridized carbons (Fsp3) is 0.423. The maximum absolute atomic E-state index is 15.2. The van der Waals surface area contributed by atoms with Crippen molar-refractivity contribution in [1.82, 2.24) is 4.57 Å². The summed E-state index contributed by atoms with van der Waals surface area (Å²) >= 11 is 0. The molecule has 1 fully saturated rings. The van der Waals surface area contributed by atoms with Gasteiger partial charge >= 0.3 is 6.29 Å². The summed E-state index contributed by atoms with van der Waals surface area (Å²) in [5.41, 5.74) is 0.0766. The number of nitrogens with one attached hydrogen (secondary N) is 1. The minimum absolute atomic E-state index is 0.0198. The quantitative estimate of drug-likeness (QED) is 0.443. The predicted octanol–water partition coefficient (Wildman–Crippen LogP) is 4.42. The molecule has 10 heteroatoms. The molecule has 7 nitrogen and oxygen atoms in total. The largest absolute Gasteiger partial charge is 0.586 e. The highest BCUT2D eigenvalue weighted by molar-refractivity contribution is 6.02. The number of carbonyl (C=O) groups excluding carboxylic acids is 1. The van der Waals surface area contributed by atoms with Crippen LogP contribution in [-0.4, -0.2) is 39.7 Å². The van der Waals surface area contributed by atoms with Crippen LogP contribution in [-0.2, 0) is 22.2 Å². The zero-order valence-electron chi connectivity index (χ0n) is 20.1. The van der Waals surface area contributed by atoms with Crippen molar-refractivity contribution in [1.29, 1.82) is 0 Å². The maximum Gasteiger partial charge on any atom is 0.586 e. The number of rotatable bonds is 7. The van der Waals surface area contributed by atoms with Crippen LogP contribution in [0.5, 0.6) is 11.5 Å². The number of aromatic nitrogens is 1. The zero-order valence-corrected chi connectivity index (χ0v) is 20.1. The minimum atomic E-state index is -3.76. The summed E-state index contributed by atoms with van der Waals surface area (Å²) in [5.74, 6) is -1.37. The summed E-state index contributed by atoms with van der Waals surface area (Å²) in [6.07, 6.45) is -3.52. The Hall–Kier alpha value is -3.24. The zero-order chi connectivity index (χ0) is 26.0. The molecule has 1 aliphatic heterocycles. The Kier molecular flexibility index (Phi) is 5.53. The Morgan fingerprint density at radius 1 is 1.17 bits per heavy atom. The Balaban J connectivity index is 1.47. The van der Waals surface area contributed by atoms with Gasteiger partial charge < -0.3 is 29.6 Å². The fourth-order valence-corrected chi connectivity index (χ4v) is 4.74.